The summed E-state index contributed by atoms with van der Waals surface area (Å²) < 4.78 is 25.9. The number of hydrogen-bond donors (Lipinski definition) is 3. The summed E-state index contributed by atoms with van der Waals surface area (Å²) in [5.41, 5.74) is 6.20. The predicted molar refractivity (Wildman–Crippen MR) is 81.0 cm³/mol. The molecule has 120 valence electrons. The minimum Gasteiger partial charge on any atom is -0.481 e. The number of pyridine rings is 1. The van der Waals surface area contributed by atoms with E-state index >= 15 is 0 Å². The summed E-state index contributed by atoms with van der Waals surface area (Å²) in [5.74, 6) is -1.33. The van der Waals surface area contributed by atoms with Crippen LogP contribution in [0.3, 0.4) is 0 Å². The van der Waals surface area contributed by atoms with Crippen molar-refractivity contribution in [1.82, 2.24) is 4.98 Å². The molecule has 0 atom stereocenters. The van der Waals surface area contributed by atoms with Crippen LogP contribution in [0.2, 0.25) is 0 Å². The molecule has 2 rings (SSSR count). The van der Waals surface area contributed by atoms with Gasteiger partial charge in [0.1, 0.15) is 5.69 Å². The van der Waals surface area contributed by atoms with Gasteiger partial charge in [-0.2, -0.15) is 8.42 Å². The van der Waals surface area contributed by atoms with Crippen LogP contribution in [0.1, 0.15) is 17.4 Å². The first-order valence-electron chi connectivity index (χ1n) is 5.78. The number of aromatic nitrogens is 1. The number of carbonyl (C=O) groups is 2. The van der Waals surface area contributed by atoms with E-state index in [0.717, 1.165) is 17.8 Å². The number of carboxylic acid groups (broad SMARTS) is 1. The van der Waals surface area contributed by atoms with Crippen LogP contribution in [0.25, 0.3) is 10.9 Å². The molecule has 9 heteroatoms. The third kappa shape index (κ3) is 10.3. The van der Waals surface area contributed by atoms with Crippen LogP contribution in [0.5, 0.6) is 0 Å². The van der Waals surface area contributed by atoms with Gasteiger partial charge in [0.2, 0.25) is 0 Å². The fourth-order valence-electron chi connectivity index (χ4n) is 1.20. The number of nitrogens with zero attached hydrogens (tertiary/aromatic N) is 1. The number of nitrogens with two attached hydrogens (primary N) is 1. The second kappa shape index (κ2) is 8.70. The van der Waals surface area contributed by atoms with Crippen molar-refractivity contribution in [2.24, 2.45) is 5.73 Å². The maximum atomic E-state index is 10.8. The number of aliphatic carboxylic acids is 1. The van der Waals surface area contributed by atoms with Crippen molar-refractivity contribution in [1.29, 1.82) is 0 Å². The number of carboxylic acids is 1. The Morgan fingerprint density at radius 1 is 1.14 bits per heavy atom. The Labute approximate surface area is 127 Å². The van der Waals surface area contributed by atoms with Crippen molar-refractivity contribution in [2.75, 3.05) is 6.26 Å². The molecule has 0 unspecified atom stereocenters. The van der Waals surface area contributed by atoms with E-state index in [-0.39, 0.29) is 0 Å². The molecular formula is C13H16N2O6S. The Hall–Kier alpha value is -2.52. The summed E-state index contributed by atoms with van der Waals surface area (Å²) in [4.78, 5) is 23.9. The van der Waals surface area contributed by atoms with Crippen LogP contribution in [0.15, 0.2) is 36.4 Å². The van der Waals surface area contributed by atoms with Crippen LogP contribution in [-0.2, 0) is 14.9 Å². The molecule has 0 saturated heterocycles. The first-order valence-corrected chi connectivity index (χ1v) is 7.63. The van der Waals surface area contributed by atoms with E-state index in [1.165, 1.54) is 0 Å². The van der Waals surface area contributed by atoms with Gasteiger partial charge in [-0.25, -0.2) is 4.98 Å². The highest BCUT2D eigenvalue weighted by Crippen LogP contribution is 2.10. The predicted octanol–water partition coefficient (Wildman–Crippen LogP) is 0.929. The Morgan fingerprint density at radius 2 is 1.59 bits per heavy atom. The summed E-state index contributed by atoms with van der Waals surface area (Å²) in [5, 5.41) is 8.42. The zero-order valence-corrected chi connectivity index (χ0v) is 12.7. The summed E-state index contributed by atoms with van der Waals surface area (Å²) in [6, 6.07) is 11.1. The Balaban J connectivity index is 0.000000411. The van der Waals surface area contributed by atoms with E-state index in [1.54, 1.807) is 6.07 Å². The number of carbonyl (C=O) groups excluding carboxylic acids is 1. The largest absolute Gasteiger partial charge is 0.481 e. The summed E-state index contributed by atoms with van der Waals surface area (Å²) >= 11 is 0. The molecule has 0 spiro atoms. The SMILES string of the molecule is CC(=O)O.CS(=O)(=O)O.NC(=O)c1ccc2ccccc2n1. The number of para-hydroxylation sites is 1. The van der Waals surface area contributed by atoms with Gasteiger partial charge in [-0.3, -0.25) is 14.1 Å². The molecule has 0 aliphatic rings. The van der Waals surface area contributed by atoms with Gasteiger partial charge >= 0.3 is 0 Å². The van der Waals surface area contributed by atoms with Gasteiger partial charge in [-0.15, -0.1) is 0 Å². The van der Waals surface area contributed by atoms with Crippen molar-refractivity contribution in [3.05, 3.63) is 42.1 Å². The molecule has 0 aliphatic carbocycles. The number of fused-ring (bicyclic) bond motifs is 1. The topological polar surface area (TPSA) is 148 Å². The molecule has 0 aliphatic heterocycles. The molecular weight excluding hydrogens is 312 g/mol. The monoisotopic (exact) mass is 328 g/mol. The van der Waals surface area contributed by atoms with Crippen LogP contribution in [0.4, 0.5) is 0 Å². The average molecular weight is 328 g/mol. The smallest absolute Gasteiger partial charge is 0.300 e. The normalized spacial score (nSPS) is 9.77. The lowest BCUT2D eigenvalue weighted by Gasteiger charge is -1.97. The van der Waals surface area contributed by atoms with E-state index in [0.29, 0.717) is 11.9 Å². The van der Waals surface area contributed by atoms with Crippen LogP contribution >= 0.6 is 0 Å². The highest BCUT2D eigenvalue weighted by molar-refractivity contribution is 7.85. The number of hydrogen-bond acceptors (Lipinski definition) is 5. The zero-order chi connectivity index (χ0) is 17.3. The zero-order valence-electron chi connectivity index (χ0n) is 11.9. The molecule has 22 heavy (non-hydrogen) atoms. The lowest BCUT2D eigenvalue weighted by Crippen LogP contribution is -2.12. The molecule has 0 radical (unpaired) electrons. The van der Waals surface area contributed by atoms with Gasteiger partial charge in [0.05, 0.1) is 11.8 Å². The van der Waals surface area contributed by atoms with E-state index in [1.807, 2.05) is 30.3 Å². The van der Waals surface area contributed by atoms with E-state index < -0.39 is 22.0 Å². The highest BCUT2D eigenvalue weighted by atomic mass is 32.2. The third-order valence-electron chi connectivity index (χ3n) is 1.85. The highest BCUT2D eigenvalue weighted by Gasteiger charge is 2.01. The maximum absolute atomic E-state index is 10.8. The summed E-state index contributed by atoms with van der Waals surface area (Å²) in [7, 11) is -3.67. The van der Waals surface area contributed by atoms with Crippen molar-refractivity contribution in [3.63, 3.8) is 0 Å². The number of amides is 1. The molecule has 1 aromatic carbocycles. The molecule has 1 aromatic heterocycles. The standard InChI is InChI=1S/C10H8N2O.C2H4O2.CH4O3S/c11-10(13)9-6-5-7-3-1-2-4-8(7)12-9;1-2(3)4;1-5(2,3)4/h1-6H,(H2,11,13);1H3,(H,3,4);1H3,(H,2,3,4). The molecule has 0 fully saturated rings. The van der Waals surface area contributed by atoms with Crippen LogP contribution in [0, 0.1) is 0 Å². The molecule has 0 bridgehead atoms. The molecule has 1 amide bonds. The maximum Gasteiger partial charge on any atom is 0.300 e. The molecule has 8 nitrogen and oxygen atoms in total. The van der Waals surface area contributed by atoms with Crippen molar-refractivity contribution in [3.8, 4) is 0 Å². The number of rotatable bonds is 1. The van der Waals surface area contributed by atoms with Crippen molar-refractivity contribution < 1.29 is 27.7 Å². The average Bonchev–Trinajstić information content (AvgIpc) is 2.35. The van der Waals surface area contributed by atoms with E-state index in [9.17, 15) is 13.2 Å². The minimum atomic E-state index is -3.67. The lowest BCUT2D eigenvalue weighted by atomic mass is 10.2. The van der Waals surface area contributed by atoms with Gasteiger partial charge in [0.15, 0.2) is 0 Å². The Kier molecular flexibility index (Phi) is 7.70. The molecule has 0 saturated carbocycles. The third-order valence-corrected chi connectivity index (χ3v) is 1.85. The van der Waals surface area contributed by atoms with Crippen molar-refractivity contribution >= 4 is 32.9 Å². The molecule has 4 N–H and O–H groups in total. The minimum absolute atomic E-state index is 0.304. The van der Waals surface area contributed by atoms with Gasteiger partial charge in [-0.1, -0.05) is 24.3 Å². The summed E-state index contributed by atoms with van der Waals surface area (Å²) in [6.45, 7) is 1.08. The quantitative estimate of drug-likeness (QED) is 0.659. The molecule has 1 heterocycles. The number of benzene rings is 1. The second-order valence-electron chi connectivity index (χ2n) is 4.01. The van der Waals surface area contributed by atoms with E-state index in [2.05, 4.69) is 4.98 Å². The molecule has 2 aromatic rings. The van der Waals surface area contributed by atoms with Gasteiger partial charge < -0.3 is 10.8 Å². The van der Waals surface area contributed by atoms with Gasteiger partial charge in [0, 0.05) is 12.3 Å². The van der Waals surface area contributed by atoms with Gasteiger partial charge in [-0.05, 0) is 12.1 Å². The van der Waals surface area contributed by atoms with Crippen LogP contribution in [-0.4, -0.2) is 41.2 Å². The first kappa shape index (κ1) is 19.5. The first-order chi connectivity index (χ1) is 10.0. The van der Waals surface area contributed by atoms with Crippen LogP contribution < -0.4 is 5.73 Å². The fourth-order valence-corrected chi connectivity index (χ4v) is 1.20. The second-order valence-corrected chi connectivity index (χ2v) is 5.47. The Morgan fingerprint density at radius 3 is 2.05 bits per heavy atom. The Bertz CT molecular complexity index is 746. The lowest BCUT2D eigenvalue weighted by molar-refractivity contribution is -0.134. The van der Waals surface area contributed by atoms with Gasteiger partial charge in [0.25, 0.3) is 22.0 Å². The van der Waals surface area contributed by atoms with Crippen molar-refractivity contribution in [2.45, 2.75) is 6.92 Å². The number of primary amides is 1. The summed E-state index contributed by atoms with van der Waals surface area (Å²) in [6.07, 6.45) is 0.715. The van der Waals surface area contributed by atoms with E-state index in [4.69, 9.17) is 20.2 Å². The fraction of sp³-hybridized carbons (Fsp3) is 0.154.